The number of carbonyl (C=O) groups excluding carboxylic acids is 1. The summed E-state index contributed by atoms with van der Waals surface area (Å²) in [6.45, 7) is 0. The zero-order valence-corrected chi connectivity index (χ0v) is 12.9. The van der Waals surface area contributed by atoms with Crippen LogP contribution in [0.2, 0.25) is 0 Å². The maximum absolute atomic E-state index is 12.6. The predicted octanol–water partition coefficient (Wildman–Crippen LogP) is 4.31. The highest BCUT2D eigenvalue weighted by molar-refractivity contribution is 9.10. The molecule has 0 spiro atoms. The van der Waals surface area contributed by atoms with Crippen molar-refractivity contribution in [2.45, 2.75) is 43.8 Å². The first-order valence-electron chi connectivity index (χ1n) is 6.60. The molecule has 1 aliphatic rings. The average Bonchev–Trinajstić information content (AvgIpc) is 2.33. The molecule has 122 valence electrons. The van der Waals surface area contributed by atoms with Crippen LogP contribution in [0.1, 0.15) is 30.4 Å². The third-order valence-electron chi connectivity index (χ3n) is 3.46. The van der Waals surface area contributed by atoms with Crippen molar-refractivity contribution in [1.29, 1.82) is 0 Å². The molecule has 1 aromatic rings. The van der Waals surface area contributed by atoms with E-state index in [2.05, 4.69) is 21.2 Å². The molecule has 0 radical (unpaired) electrons. The Balaban J connectivity index is 1.85. The van der Waals surface area contributed by atoms with Crippen molar-refractivity contribution in [2.24, 2.45) is 0 Å². The lowest BCUT2D eigenvalue weighted by atomic mass is 9.88. The highest BCUT2D eigenvalue weighted by Crippen LogP contribution is 2.37. The Hall–Kier alpha value is -1.18. The van der Waals surface area contributed by atoms with E-state index in [0.29, 0.717) is 5.56 Å². The van der Waals surface area contributed by atoms with Crippen molar-refractivity contribution in [1.82, 2.24) is 5.32 Å². The Kier molecular flexibility index (Phi) is 4.79. The van der Waals surface area contributed by atoms with E-state index in [4.69, 9.17) is 0 Å². The van der Waals surface area contributed by atoms with E-state index in [1.807, 2.05) is 0 Å². The molecule has 1 aromatic carbocycles. The number of halogens is 6. The number of rotatable bonds is 4. The van der Waals surface area contributed by atoms with E-state index in [9.17, 15) is 26.7 Å². The normalized spacial score (nSPS) is 17.9. The van der Waals surface area contributed by atoms with Gasteiger partial charge in [0.2, 0.25) is 5.91 Å². The summed E-state index contributed by atoms with van der Waals surface area (Å²) in [6.07, 6.45) is -4.88. The van der Waals surface area contributed by atoms with E-state index in [1.54, 1.807) is 0 Å². The molecule has 0 aliphatic heterocycles. The first-order chi connectivity index (χ1) is 10.1. The van der Waals surface area contributed by atoms with Crippen LogP contribution < -0.4 is 5.32 Å². The number of alkyl halides is 5. The summed E-state index contributed by atoms with van der Waals surface area (Å²) in [4.78, 5) is 11.6. The molecule has 1 amide bonds. The Bertz CT molecular complexity index is 565. The molecule has 1 N–H and O–H groups in total. The van der Waals surface area contributed by atoms with E-state index < -0.39 is 23.7 Å². The molecule has 0 unspecified atom stereocenters. The van der Waals surface area contributed by atoms with Crippen molar-refractivity contribution >= 4 is 21.8 Å². The quantitative estimate of drug-likeness (QED) is 0.768. The number of amides is 1. The van der Waals surface area contributed by atoms with E-state index in [1.165, 1.54) is 6.07 Å². The van der Waals surface area contributed by atoms with Gasteiger partial charge in [-0.25, -0.2) is 8.78 Å². The largest absolute Gasteiger partial charge is 0.416 e. The van der Waals surface area contributed by atoms with Crippen molar-refractivity contribution in [3.63, 3.8) is 0 Å². The molecule has 22 heavy (non-hydrogen) atoms. The number of benzene rings is 1. The van der Waals surface area contributed by atoms with Gasteiger partial charge in [-0.15, -0.1) is 0 Å². The van der Waals surface area contributed by atoms with Gasteiger partial charge in [0.05, 0.1) is 5.56 Å². The summed E-state index contributed by atoms with van der Waals surface area (Å²) in [5.74, 6) is -3.08. The zero-order chi connectivity index (χ0) is 16.5. The van der Waals surface area contributed by atoms with Crippen LogP contribution in [0.5, 0.6) is 0 Å². The van der Waals surface area contributed by atoms with E-state index in [-0.39, 0.29) is 36.1 Å². The molecule has 0 bridgehead atoms. The second kappa shape index (κ2) is 6.14. The Labute approximate surface area is 132 Å². The van der Waals surface area contributed by atoms with Gasteiger partial charge in [-0.2, -0.15) is 13.2 Å². The van der Waals surface area contributed by atoms with Crippen LogP contribution in [-0.2, 0) is 17.4 Å². The molecule has 0 aromatic heterocycles. The van der Waals surface area contributed by atoms with Gasteiger partial charge in [0.25, 0.3) is 5.92 Å². The molecule has 0 atom stereocenters. The molecule has 0 saturated heterocycles. The minimum Gasteiger partial charge on any atom is -0.353 e. The highest BCUT2D eigenvalue weighted by Gasteiger charge is 2.45. The highest BCUT2D eigenvalue weighted by atomic mass is 79.9. The summed E-state index contributed by atoms with van der Waals surface area (Å²) in [7, 11) is 0. The second-order valence-corrected chi connectivity index (χ2v) is 6.19. The average molecular weight is 386 g/mol. The number of carbonyl (C=O) groups is 1. The third kappa shape index (κ3) is 4.41. The second-order valence-electron chi connectivity index (χ2n) is 5.33. The first kappa shape index (κ1) is 17.2. The monoisotopic (exact) mass is 385 g/mol. The summed E-state index contributed by atoms with van der Waals surface area (Å²) in [6, 6.07) is 2.69. The lowest BCUT2D eigenvalue weighted by Gasteiger charge is -2.35. The number of nitrogens with one attached hydrogen (secondary N) is 1. The van der Waals surface area contributed by atoms with Gasteiger partial charge in [-0.3, -0.25) is 4.79 Å². The van der Waals surface area contributed by atoms with Crippen LogP contribution in [0.25, 0.3) is 0 Å². The van der Waals surface area contributed by atoms with Crippen LogP contribution in [0.4, 0.5) is 22.0 Å². The van der Waals surface area contributed by atoms with Gasteiger partial charge in [0.15, 0.2) is 0 Å². The zero-order valence-electron chi connectivity index (χ0n) is 11.3. The van der Waals surface area contributed by atoms with Crippen LogP contribution in [0, 0.1) is 0 Å². The van der Waals surface area contributed by atoms with E-state index in [0.717, 1.165) is 12.1 Å². The standard InChI is InChI=1S/C14H13BrF5NO/c15-11-5-9(14(18,19)20)3-1-8(11)2-4-12(22)21-10-6-13(16,17)7-10/h1,3,5,10H,2,4,6-7H2,(H,21,22). The van der Waals surface area contributed by atoms with Gasteiger partial charge in [-0.1, -0.05) is 22.0 Å². The Morgan fingerprint density at radius 3 is 2.45 bits per heavy atom. The van der Waals surface area contributed by atoms with Gasteiger partial charge in [0, 0.05) is 29.8 Å². The molecule has 2 nitrogen and oxygen atoms in total. The maximum atomic E-state index is 12.6. The molecule has 2 rings (SSSR count). The Morgan fingerprint density at radius 1 is 1.32 bits per heavy atom. The lowest BCUT2D eigenvalue weighted by molar-refractivity contribution is -0.137. The van der Waals surface area contributed by atoms with Crippen LogP contribution in [-0.4, -0.2) is 17.9 Å². The molecule has 1 fully saturated rings. The van der Waals surface area contributed by atoms with E-state index >= 15 is 0 Å². The summed E-state index contributed by atoms with van der Waals surface area (Å²) >= 11 is 3.05. The third-order valence-corrected chi connectivity index (χ3v) is 4.20. The smallest absolute Gasteiger partial charge is 0.353 e. The fraction of sp³-hybridized carbons (Fsp3) is 0.500. The molecule has 1 saturated carbocycles. The van der Waals surface area contributed by atoms with Crippen LogP contribution >= 0.6 is 15.9 Å². The summed E-state index contributed by atoms with van der Waals surface area (Å²) in [5.41, 5.74) is -0.216. The minimum absolute atomic E-state index is 0.0338. The molecular weight excluding hydrogens is 373 g/mol. The van der Waals surface area contributed by atoms with Gasteiger partial charge in [-0.05, 0) is 24.1 Å². The van der Waals surface area contributed by atoms with Crippen molar-refractivity contribution < 1.29 is 26.7 Å². The molecular formula is C14H13BrF5NO. The van der Waals surface area contributed by atoms with Gasteiger partial charge in [0.1, 0.15) is 0 Å². The SMILES string of the molecule is O=C(CCc1ccc(C(F)(F)F)cc1Br)NC1CC(F)(F)C1. The minimum atomic E-state index is -4.42. The predicted molar refractivity (Wildman–Crippen MR) is 73.6 cm³/mol. The molecule has 1 aliphatic carbocycles. The fourth-order valence-electron chi connectivity index (χ4n) is 2.24. The van der Waals surface area contributed by atoms with Crippen molar-refractivity contribution in [2.75, 3.05) is 0 Å². The fourth-order valence-corrected chi connectivity index (χ4v) is 2.81. The maximum Gasteiger partial charge on any atom is 0.416 e. The topological polar surface area (TPSA) is 29.1 Å². The summed E-state index contributed by atoms with van der Waals surface area (Å²) in [5, 5.41) is 2.48. The lowest BCUT2D eigenvalue weighted by Crippen LogP contribution is -2.50. The van der Waals surface area contributed by atoms with Gasteiger partial charge < -0.3 is 5.32 Å². The van der Waals surface area contributed by atoms with Crippen LogP contribution in [0.3, 0.4) is 0 Å². The van der Waals surface area contributed by atoms with Crippen molar-refractivity contribution in [3.8, 4) is 0 Å². The van der Waals surface area contributed by atoms with Crippen LogP contribution in [0.15, 0.2) is 22.7 Å². The van der Waals surface area contributed by atoms with Crippen molar-refractivity contribution in [3.05, 3.63) is 33.8 Å². The number of aryl methyl sites for hydroxylation is 1. The first-order valence-corrected chi connectivity index (χ1v) is 7.39. The van der Waals surface area contributed by atoms with Gasteiger partial charge >= 0.3 is 6.18 Å². The summed E-state index contributed by atoms with van der Waals surface area (Å²) < 4.78 is 63.1. The molecule has 8 heteroatoms. The molecule has 0 heterocycles. The Morgan fingerprint density at radius 2 is 1.95 bits per heavy atom. The number of hydrogen-bond donors (Lipinski definition) is 1. The number of hydrogen-bond acceptors (Lipinski definition) is 1.